The summed E-state index contributed by atoms with van der Waals surface area (Å²) >= 11 is 0. The molecule has 7 rings (SSSR count). The van der Waals surface area contributed by atoms with Crippen LogP contribution in [0.4, 0.5) is 0 Å². The van der Waals surface area contributed by atoms with Gasteiger partial charge in [-0.15, -0.1) is 6.58 Å². The normalized spacial score (nSPS) is 24.9. The topological polar surface area (TPSA) is 45.6 Å². The summed E-state index contributed by atoms with van der Waals surface area (Å²) in [6.45, 7) is 6.77. The van der Waals surface area contributed by atoms with E-state index in [0.717, 1.165) is 36.0 Å². The molecular formula is C30H30N2O2. The first-order valence-electron chi connectivity index (χ1n) is 12.2. The van der Waals surface area contributed by atoms with Gasteiger partial charge >= 0.3 is 0 Å². The summed E-state index contributed by atoms with van der Waals surface area (Å²) in [5.41, 5.74) is 3.19. The Morgan fingerprint density at radius 3 is 2.82 bits per heavy atom. The molecule has 5 atom stereocenters. The predicted molar refractivity (Wildman–Crippen MR) is 137 cm³/mol. The smallest absolute Gasteiger partial charge is 0.116 e. The van der Waals surface area contributed by atoms with E-state index in [4.69, 9.17) is 4.74 Å². The second-order valence-corrected chi connectivity index (χ2v) is 9.72. The van der Waals surface area contributed by atoms with Crippen LogP contribution in [-0.2, 0) is 11.3 Å². The molecule has 3 saturated heterocycles. The zero-order valence-corrected chi connectivity index (χ0v) is 19.3. The first-order chi connectivity index (χ1) is 16.7. The van der Waals surface area contributed by atoms with Crippen molar-refractivity contribution in [1.82, 2.24) is 9.88 Å². The highest BCUT2D eigenvalue weighted by atomic mass is 16.5. The van der Waals surface area contributed by atoms with Crippen LogP contribution in [0.2, 0.25) is 0 Å². The van der Waals surface area contributed by atoms with Crippen LogP contribution in [0.25, 0.3) is 21.7 Å². The molecule has 1 aromatic heterocycles. The first-order valence-corrected chi connectivity index (χ1v) is 12.2. The summed E-state index contributed by atoms with van der Waals surface area (Å²) in [6, 6.07) is 22.7. The van der Waals surface area contributed by atoms with E-state index in [1.165, 1.54) is 22.8 Å². The first kappa shape index (κ1) is 21.3. The van der Waals surface area contributed by atoms with Crippen LogP contribution in [-0.4, -0.2) is 34.1 Å². The Balaban J connectivity index is 1.40. The molecule has 0 amide bonds. The zero-order valence-electron chi connectivity index (χ0n) is 19.3. The lowest BCUT2D eigenvalue weighted by Crippen LogP contribution is -2.55. The fraction of sp³-hybridized carbons (Fsp3) is 0.300. The minimum absolute atomic E-state index is 0.111. The molecule has 3 aromatic carbocycles. The Kier molecular flexibility index (Phi) is 5.56. The molecule has 1 unspecified atom stereocenters. The number of piperidine rings is 3. The van der Waals surface area contributed by atoms with E-state index >= 15 is 0 Å². The third-order valence-corrected chi connectivity index (χ3v) is 7.87. The van der Waals surface area contributed by atoms with Gasteiger partial charge in [0, 0.05) is 24.2 Å². The Labute approximate surface area is 200 Å². The molecule has 0 aliphatic carbocycles. The maximum absolute atomic E-state index is 10.3. The zero-order chi connectivity index (χ0) is 23.1. The van der Waals surface area contributed by atoms with Gasteiger partial charge in [-0.3, -0.25) is 9.88 Å². The largest absolute Gasteiger partial charge is 0.508 e. The van der Waals surface area contributed by atoms with Crippen molar-refractivity contribution in [2.45, 2.75) is 31.6 Å². The van der Waals surface area contributed by atoms with E-state index in [0.29, 0.717) is 18.4 Å². The van der Waals surface area contributed by atoms with Crippen LogP contribution in [0, 0.1) is 11.8 Å². The lowest BCUT2D eigenvalue weighted by atomic mass is 9.73. The third kappa shape index (κ3) is 3.77. The average Bonchev–Trinajstić information content (AvgIpc) is 2.89. The predicted octanol–water partition coefficient (Wildman–Crippen LogP) is 6.25. The second kappa shape index (κ2) is 8.86. The molecule has 0 saturated carbocycles. The Morgan fingerprint density at radius 2 is 1.97 bits per heavy atom. The van der Waals surface area contributed by atoms with E-state index < -0.39 is 0 Å². The van der Waals surface area contributed by atoms with Crippen molar-refractivity contribution < 1.29 is 9.84 Å². The van der Waals surface area contributed by atoms with Crippen molar-refractivity contribution in [2.75, 3.05) is 13.1 Å². The van der Waals surface area contributed by atoms with Crippen LogP contribution in [0.5, 0.6) is 5.75 Å². The number of nitrogens with zero attached hydrogens (tertiary/aromatic N) is 2. The van der Waals surface area contributed by atoms with Crippen molar-refractivity contribution in [3.8, 4) is 5.75 Å². The van der Waals surface area contributed by atoms with E-state index in [1.54, 1.807) is 6.07 Å². The van der Waals surface area contributed by atoms with Gasteiger partial charge in [0.25, 0.3) is 0 Å². The van der Waals surface area contributed by atoms with Crippen LogP contribution in [0.3, 0.4) is 0 Å². The fourth-order valence-electron chi connectivity index (χ4n) is 6.10. The average molecular weight is 451 g/mol. The van der Waals surface area contributed by atoms with Gasteiger partial charge in [-0.05, 0) is 77.4 Å². The SMILES string of the molecule is C=C[C@H]1CN2CC[C@H]1C[C@@H]2[C@H](OCc1cccc2ccccc12)c1ccnc2ccc(O)cc12. The number of hydrogen-bond acceptors (Lipinski definition) is 4. The van der Waals surface area contributed by atoms with Gasteiger partial charge in [0.05, 0.1) is 18.2 Å². The minimum Gasteiger partial charge on any atom is -0.508 e. The van der Waals surface area contributed by atoms with Crippen molar-refractivity contribution in [3.05, 3.63) is 96.7 Å². The molecule has 4 heteroatoms. The lowest BCUT2D eigenvalue weighted by molar-refractivity contribution is -0.0801. The van der Waals surface area contributed by atoms with Crippen LogP contribution in [0.1, 0.15) is 30.1 Å². The summed E-state index contributed by atoms with van der Waals surface area (Å²) < 4.78 is 6.85. The molecule has 172 valence electrons. The highest BCUT2D eigenvalue weighted by molar-refractivity contribution is 5.86. The van der Waals surface area contributed by atoms with Gasteiger partial charge in [0.15, 0.2) is 0 Å². The monoisotopic (exact) mass is 450 g/mol. The third-order valence-electron chi connectivity index (χ3n) is 7.87. The summed E-state index contributed by atoms with van der Waals surface area (Å²) in [5.74, 6) is 1.46. The molecule has 0 radical (unpaired) electrons. The molecule has 4 aromatic rings. The van der Waals surface area contributed by atoms with Gasteiger partial charge in [-0.25, -0.2) is 0 Å². The molecule has 3 aliphatic heterocycles. The van der Waals surface area contributed by atoms with Crippen molar-refractivity contribution >= 4 is 21.7 Å². The number of ether oxygens (including phenoxy) is 1. The number of rotatable bonds is 6. The number of hydrogen-bond donors (Lipinski definition) is 1. The number of aromatic nitrogens is 1. The standard InChI is InChI=1S/C30H30N2O2/c1-2-20-18-32-15-13-22(20)16-29(32)30(26-12-14-31-28-11-10-24(33)17-27(26)28)34-19-23-8-5-7-21-6-3-4-9-25(21)23/h2-12,14,17,20,22,29-30,33H,1,13,15-16,18-19H2/t20-,22-,29+,30+/m0/s1. The fourth-order valence-corrected chi connectivity index (χ4v) is 6.10. The Hall–Kier alpha value is -3.21. The molecule has 3 aliphatic rings. The quantitative estimate of drug-likeness (QED) is 0.353. The molecule has 34 heavy (non-hydrogen) atoms. The van der Waals surface area contributed by atoms with Crippen molar-refractivity contribution in [3.63, 3.8) is 0 Å². The molecule has 0 spiro atoms. The highest BCUT2D eigenvalue weighted by Crippen LogP contribution is 2.44. The van der Waals surface area contributed by atoms with E-state index in [9.17, 15) is 5.11 Å². The summed E-state index contributed by atoms with van der Waals surface area (Å²) in [7, 11) is 0. The molecular weight excluding hydrogens is 420 g/mol. The lowest BCUT2D eigenvalue weighted by Gasteiger charge is -2.51. The maximum atomic E-state index is 10.3. The van der Waals surface area contributed by atoms with Gasteiger partial charge < -0.3 is 9.84 Å². The maximum Gasteiger partial charge on any atom is 0.116 e. The van der Waals surface area contributed by atoms with Crippen molar-refractivity contribution in [1.29, 1.82) is 0 Å². The number of aromatic hydroxyl groups is 1. The molecule has 3 fully saturated rings. The molecule has 1 N–H and O–H groups in total. The number of pyridine rings is 1. The number of benzene rings is 3. The second-order valence-electron chi connectivity index (χ2n) is 9.72. The molecule has 2 bridgehead atoms. The Bertz CT molecular complexity index is 1340. The van der Waals surface area contributed by atoms with E-state index in [2.05, 4.69) is 71.1 Å². The number of phenols is 1. The van der Waals surface area contributed by atoms with Gasteiger partial charge in [0.2, 0.25) is 0 Å². The van der Waals surface area contributed by atoms with E-state index in [-0.39, 0.29) is 17.9 Å². The van der Waals surface area contributed by atoms with Crippen LogP contribution in [0.15, 0.2) is 85.6 Å². The summed E-state index contributed by atoms with van der Waals surface area (Å²) in [5, 5.41) is 13.7. The summed E-state index contributed by atoms with van der Waals surface area (Å²) in [6.07, 6.45) is 6.21. The van der Waals surface area contributed by atoms with Gasteiger partial charge in [-0.2, -0.15) is 0 Å². The van der Waals surface area contributed by atoms with Crippen molar-refractivity contribution in [2.24, 2.45) is 11.8 Å². The van der Waals surface area contributed by atoms with Gasteiger partial charge in [-0.1, -0.05) is 48.5 Å². The Morgan fingerprint density at radius 1 is 1.09 bits per heavy atom. The van der Waals surface area contributed by atoms with E-state index in [1.807, 2.05) is 18.3 Å². The summed E-state index contributed by atoms with van der Waals surface area (Å²) in [4.78, 5) is 7.14. The number of phenolic OH excluding ortho intramolecular Hbond substituents is 1. The van der Waals surface area contributed by atoms with Gasteiger partial charge in [0.1, 0.15) is 5.75 Å². The van der Waals surface area contributed by atoms with Crippen LogP contribution >= 0.6 is 0 Å². The highest BCUT2D eigenvalue weighted by Gasteiger charge is 2.43. The molecule has 4 heterocycles. The molecule has 4 nitrogen and oxygen atoms in total. The van der Waals surface area contributed by atoms with Crippen LogP contribution < -0.4 is 0 Å². The minimum atomic E-state index is -0.111. The number of fused-ring (bicyclic) bond motifs is 5.